The number of hydrogen-bond donors (Lipinski definition) is 2. The lowest BCUT2D eigenvalue weighted by Gasteiger charge is -2.22. The highest BCUT2D eigenvalue weighted by Crippen LogP contribution is 2.33. The molecule has 1 aromatic heterocycles. The molecule has 1 fully saturated rings. The van der Waals surface area contributed by atoms with Crippen LogP contribution in [0.5, 0.6) is 0 Å². The number of anilines is 1. The van der Waals surface area contributed by atoms with Gasteiger partial charge < -0.3 is 15.6 Å². The van der Waals surface area contributed by atoms with Gasteiger partial charge in [-0.1, -0.05) is 13.8 Å². The molecule has 0 radical (unpaired) electrons. The zero-order valence-electron chi connectivity index (χ0n) is 10.4. The second-order valence-electron chi connectivity index (χ2n) is 5.44. The fraction of sp³-hybridized carbons (Fsp3) is 0.667. The van der Waals surface area contributed by atoms with Crippen LogP contribution in [0.4, 0.5) is 5.82 Å². The summed E-state index contributed by atoms with van der Waals surface area (Å²) in [5, 5.41) is 3.10. The van der Waals surface area contributed by atoms with E-state index in [0.29, 0.717) is 24.9 Å². The molecule has 0 aliphatic heterocycles. The van der Waals surface area contributed by atoms with Crippen LogP contribution in [0, 0.1) is 5.41 Å². The van der Waals surface area contributed by atoms with Gasteiger partial charge in [-0.15, -0.1) is 0 Å². The molecule has 0 spiro atoms. The van der Waals surface area contributed by atoms with Crippen LogP contribution in [-0.2, 0) is 0 Å². The minimum absolute atomic E-state index is 0.0252. The summed E-state index contributed by atoms with van der Waals surface area (Å²) >= 11 is 0. The Morgan fingerprint density at radius 2 is 2.29 bits per heavy atom. The van der Waals surface area contributed by atoms with E-state index in [-0.39, 0.29) is 11.0 Å². The van der Waals surface area contributed by atoms with Crippen molar-refractivity contribution >= 4 is 5.82 Å². The molecule has 1 aliphatic rings. The normalized spacial score (nSPS) is 15.9. The third kappa shape index (κ3) is 2.85. The molecule has 0 unspecified atom stereocenters. The zero-order chi connectivity index (χ0) is 12.5. The summed E-state index contributed by atoms with van der Waals surface area (Å²) < 4.78 is 1.77. The summed E-state index contributed by atoms with van der Waals surface area (Å²) in [5.74, 6) is 0.431. The molecule has 1 saturated carbocycles. The Balaban J connectivity index is 2.11. The van der Waals surface area contributed by atoms with Gasteiger partial charge in [-0.25, -0.2) is 4.98 Å². The highest BCUT2D eigenvalue weighted by molar-refractivity contribution is 5.31. The van der Waals surface area contributed by atoms with Crippen LogP contribution < -0.4 is 16.6 Å². The van der Waals surface area contributed by atoms with E-state index in [1.165, 1.54) is 0 Å². The van der Waals surface area contributed by atoms with Crippen molar-refractivity contribution in [2.75, 3.05) is 18.4 Å². The Bertz CT molecular complexity index is 448. The quantitative estimate of drug-likeness (QED) is 0.799. The summed E-state index contributed by atoms with van der Waals surface area (Å²) in [7, 11) is 0. The number of aromatic nitrogens is 2. The lowest BCUT2D eigenvalue weighted by atomic mass is 9.94. The molecule has 0 amide bonds. The third-order valence-corrected chi connectivity index (χ3v) is 3.10. The Hall–Kier alpha value is -1.36. The topological polar surface area (TPSA) is 72.9 Å². The molecule has 0 saturated heterocycles. The summed E-state index contributed by atoms with van der Waals surface area (Å²) in [5.41, 5.74) is 5.59. The van der Waals surface area contributed by atoms with E-state index in [0.717, 1.165) is 12.8 Å². The Morgan fingerprint density at radius 1 is 1.59 bits per heavy atom. The van der Waals surface area contributed by atoms with Crippen molar-refractivity contribution < 1.29 is 0 Å². The van der Waals surface area contributed by atoms with Crippen molar-refractivity contribution in [3.05, 3.63) is 22.7 Å². The van der Waals surface area contributed by atoms with Crippen LogP contribution >= 0.6 is 0 Å². The van der Waals surface area contributed by atoms with Gasteiger partial charge in [0.25, 0.3) is 5.56 Å². The highest BCUT2D eigenvalue weighted by atomic mass is 16.1. The van der Waals surface area contributed by atoms with Gasteiger partial charge in [0.1, 0.15) is 0 Å². The molecule has 0 atom stereocenters. The maximum Gasteiger partial charge on any atom is 0.293 e. The van der Waals surface area contributed by atoms with Crippen LogP contribution in [0.2, 0.25) is 0 Å². The summed E-state index contributed by atoms with van der Waals surface area (Å²) in [4.78, 5) is 16.2. The molecule has 2 rings (SSSR count). The first-order valence-corrected chi connectivity index (χ1v) is 6.04. The second-order valence-corrected chi connectivity index (χ2v) is 5.44. The molecule has 0 bridgehead atoms. The van der Waals surface area contributed by atoms with E-state index >= 15 is 0 Å². The minimum atomic E-state index is -0.0334. The number of hydrogen-bond acceptors (Lipinski definition) is 4. The average molecular weight is 236 g/mol. The third-order valence-electron chi connectivity index (χ3n) is 3.10. The maximum absolute atomic E-state index is 12.1. The molecule has 3 N–H and O–H groups in total. The van der Waals surface area contributed by atoms with Crippen LogP contribution in [0.15, 0.2) is 17.2 Å². The van der Waals surface area contributed by atoms with Crippen molar-refractivity contribution in [2.45, 2.75) is 32.7 Å². The van der Waals surface area contributed by atoms with Crippen LogP contribution in [0.25, 0.3) is 0 Å². The van der Waals surface area contributed by atoms with Gasteiger partial charge in [0.15, 0.2) is 5.82 Å². The van der Waals surface area contributed by atoms with Crippen LogP contribution in [-0.4, -0.2) is 22.6 Å². The zero-order valence-corrected chi connectivity index (χ0v) is 10.4. The molecule has 17 heavy (non-hydrogen) atoms. The minimum Gasteiger partial charge on any atom is -0.365 e. The largest absolute Gasteiger partial charge is 0.365 e. The first-order chi connectivity index (χ1) is 8.03. The average Bonchev–Trinajstić information content (AvgIpc) is 3.12. The van der Waals surface area contributed by atoms with Gasteiger partial charge in [-0.05, 0) is 24.8 Å². The Labute approximate surface area is 101 Å². The molecular formula is C12H20N4O. The summed E-state index contributed by atoms with van der Waals surface area (Å²) in [6.45, 7) is 5.34. The fourth-order valence-electron chi connectivity index (χ4n) is 1.58. The Morgan fingerprint density at radius 3 is 2.88 bits per heavy atom. The van der Waals surface area contributed by atoms with Gasteiger partial charge in [0.05, 0.1) is 0 Å². The van der Waals surface area contributed by atoms with E-state index < -0.39 is 0 Å². The highest BCUT2D eigenvalue weighted by Gasteiger charge is 2.25. The fourth-order valence-corrected chi connectivity index (χ4v) is 1.58. The van der Waals surface area contributed by atoms with Crippen LogP contribution in [0.1, 0.15) is 32.7 Å². The van der Waals surface area contributed by atoms with Gasteiger partial charge >= 0.3 is 0 Å². The first kappa shape index (κ1) is 12.1. The van der Waals surface area contributed by atoms with Crippen molar-refractivity contribution in [3.8, 4) is 0 Å². The predicted molar refractivity (Wildman–Crippen MR) is 68.1 cm³/mol. The smallest absolute Gasteiger partial charge is 0.293 e. The van der Waals surface area contributed by atoms with Crippen molar-refractivity contribution in [3.63, 3.8) is 0 Å². The number of nitrogens with zero attached hydrogens (tertiary/aromatic N) is 2. The van der Waals surface area contributed by atoms with Crippen molar-refractivity contribution in [1.82, 2.24) is 9.55 Å². The van der Waals surface area contributed by atoms with Gasteiger partial charge in [-0.3, -0.25) is 4.79 Å². The van der Waals surface area contributed by atoms with E-state index in [4.69, 9.17) is 5.73 Å². The van der Waals surface area contributed by atoms with Gasteiger partial charge in [-0.2, -0.15) is 0 Å². The van der Waals surface area contributed by atoms with E-state index in [1.807, 2.05) is 0 Å². The lowest BCUT2D eigenvalue weighted by Crippen LogP contribution is -2.34. The molecule has 1 aromatic rings. The molecule has 5 heteroatoms. The molecular weight excluding hydrogens is 216 g/mol. The molecule has 1 aliphatic carbocycles. The molecule has 1 heterocycles. The monoisotopic (exact) mass is 236 g/mol. The van der Waals surface area contributed by atoms with E-state index in [2.05, 4.69) is 24.1 Å². The van der Waals surface area contributed by atoms with Crippen LogP contribution in [0.3, 0.4) is 0 Å². The van der Waals surface area contributed by atoms with E-state index in [9.17, 15) is 4.79 Å². The molecule has 5 nitrogen and oxygen atoms in total. The molecule has 94 valence electrons. The maximum atomic E-state index is 12.1. The Kier molecular flexibility index (Phi) is 3.19. The summed E-state index contributed by atoms with van der Waals surface area (Å²) in [6, 6.07) is 0.383. The number of nitrogens with two attached hydrogens (primary N) is 1. The lowest BCUT2D eigenvalue weighted by molar-refractivity contribution is 0.405. The van der Waals surface area contributed by atoms with Crippen molar-refractivity contribution in [2.24, 2.45) is 11.1 Å². The van der Waals surface area contributed by atoms with Gasteiger partial charge in [0, 0.05) is 25.0 Å². The summed E-state index contributed by atoms with van der Waals surface area (Å²) in [6.07, 6.45) is 5.63. The number of rotatable bonds is 5. The number of nitrogens with one attached hydrogen (secondary N) is 1. The SMILES string of the molecule is CC(C)(CN)CNc1nccn(C2CC2)c1=O. The van der Waals surface area contributed by atoms with Gasteiger partial charge in [0.2, 0.25) is 0 Å². The molecule has 0 aromatic carbocycles. The predicted octanol–water partition coefficient (Wildman–Crippen LogP) is 0.975. The first-order valence-electron chi connectivity index (χ1n) is 6.04. The van der Waals surface area contributed by atoms with E-state index in [1.54, 1.807) is 17.0 Å². The standard InChI is InChI=1S/C12H20N4O/c1-12(2,7-13)8-15-10-11(17)16(6-5-14-10)9-3-4-9/h5-6,9H,3-4,7-8,13H2,1-2H3,(H,14,15). The van der Waals surface area contributed by atoms with Crippen molar-refractivity contribution in [1.29, 1.82) is 0 Å². The second kappa shape index (κ2) is 4.49.